The zero-order valence-electron chi connectivity index (χ0n) is 20.4. The van der Waals surface area contributed by atoms with Crippen LogP contribution in [0.4, 0.5) is 9.18 Å². The first-order valence-corrected chi connectivity index (χ1v) is 10.6. The molecule has 1 aliphatic rings. The number of carbonyl (C=O) groups is 1. The summed E-state index contributed by atoms with van der Waals surface area (Å²) in [5.74, 6) is 1.23. The Bertz CT molecular complexity index is 1120. The summed E-state index contributed by atoms with van der Waals surface area (Å²) in [4.78, 5) is 17.0. The maximum absolute atomic E-state index is 14.8. The molecule has 2 rings (SSSR count). The summed E-state index contributed by atoms with van der Waals surface area (Å²) in [6.07, 6.45) is 4.57. The van der Waals surface area contributed by atoms with E-state index in [1.807, 2.05) is 0 Å². The number of amides is 1. The number of amidine groups is 1. The van der Waals surface area contributed by atoms with Crippen molar-refractivity contribution in [2.75, 3.05) is 12.7 Å². The summed E-state index contributed by atoms with van der Waals surface area (Å²) in [6.45, 7) is 6.54. The predicted molar refractivity (Wildman–Crippen MR) is 114 cm³/mol. The molecule has 0 saturated heterocycles. The average Bonchev–Trinajstić information content (AvgIpc) is 2.56. The van der Waals surface area contributed by atoms with Crippen LogP contribution in [0.5, 0.6) is 0 Å². The molecule has 0 saturated carbocycles. The summed E-state index contributed by atoms with van der Waals surface area (Å²) in [5, 5.41) is 2.48. The molecule has 1 amide bonds. The van der Waals surface area contributed by atoms with Crippen LogP contribution < -0.4 is 5.32 Å². The molecular weight excluding hydrogens is 393 g/mol. The van der Waals surface area contributed by atoms with Crippen LogP contribution in [0.2, 0.25) is 0 Å². The van der Waals surface area contributed by atoms with Crippen LogP contribution in [0.15, 0.2) is 27.6 Å². The summed E-state index contributed by atoms with van der Waals surface area (Å²) >= 11 is 0. The topological polar surface area (TPSA) is 80.1 Å². The van der Waals surface area contributed by atoms with Gasteiger partial charge in [0.05, 0.1) is 15.5 Å². The SMILES string of the molecule is [2H]C([2H])([2H])N=S1(=O)C[C@@](C)(c2cc(C#C)ccc2F)N=C(NC(=O)OC(C)(C)C)C1(C)C. The molecule has 29 heavy (non-hydrogen) atoms. The normalized spacial score (nSPS) is 28.1. The molecule has 6 nitrogen and oxygen atoms in total. The fourth-order valence-electron chi connectivity index (χ4n) is 3.02. The van der Waals surface area contributed by atoms with Gasteiger partial charge in [0.2, 0.25) is 0 Å². The van der Waals surface area contributed by atoms with Gasteiger partial charge >= 0.3 is 6.09 Å². The van der Waals surface area contributed by atoms with Crippen molar-refractivity contribution in [3.63, 3.8) is 0 Å². The highest BCUT2D eigenvalue weighted by Gasteiger charge is 2.49. The first-order chi connectivity index (χ1) is 14.3. The molecule has 0 aromatic heterocycles. The molecule has 0 bridgehead atoms. The van der Waals surface area contributed by atoms with Crippen LogP contribution in [0.25, 0.3) is 0 Å². The molecule has 0 radical (unpaired) electrons. The first-order valence-electron chi connectivity index (χ1n) is 10.4. The highest BCUT2D eigenvalue weighted by Crippen LogP contribution is 2.39. The van der Waals surface area contributed by atoms with Gasteiger partial charge in [0.15, 0.2) is 0 Å². The summed E-state index contributed by atoms with van der Waals surface area (Å²) in [6, 6.07) is 3.95. The van der Waals surface area contributed by atoms with Gasteiger partial charge in [-0.05, 0) is 59.7 Å². The number of nitrogens with zero attached hydrogens (tertiary/aromatic N) is 2. The van der Waals surface area contributed by atoms with E-state index in [0.717, 1.165) is 6.07 Å². The van der Waals surface area contributed by atoms with E-state index in [-0.39, 0.29) is 11.4 Å². The van der Waals surface area contributed by atoms with Gasteiger partial charge in [-0.15, -0.1) is 6.42 Å². The van der Waals surface area contributed by atoms with Gasteiger partial charge in [-0.1, -0.05) is 5.92 Å². The number of nitrogens with one attached hydrogen (secondary N) is 1. The lowest BCUT2D eigenvalue weighted by Gasteiger charge is -2.41. The Morgan fingerprint density at radius 1 is 1.45 bits per heavy atom. The number of aliphatic imine (C=N–C) groups is 1. The Hall–Kier alpha value is -2.40. The van der Waals surface area contributed by atoms with Crippen LogP contribution >= 0.6 is 0 Å². The minimum atomic E-state index is -3.61. The smallest absolute Gasteiger partial charge is 0.413 e. The Labute approximate surface area is 176 Å². The Kier molecular flexibility index (Phi) is 4.78. The fraction of sp³-hybridized carbons (Fsp3) is 0.524. The van der Waals surface area contributed by atoms with Gasteiger partial charge < -0.3 is 4.74 Å². The van der Waals surface area contributed by atoms with E-state index in [4.69, 9.17) is 15.3 Å². The van der Waals surface area contributed by atoms with Crippen LogP contribution in [0, 0.1) is 18.2 Å². The second kappa shape index (κ2) is 7.45. The number of carbonyl (C=O) groups excluding carboxylic acids is 1. The van der Waals surface area contributed by atoms with E-state index < -0.39 is 50.3 Å². The van der Waals surface area contributed by atoms with E-state index in [0.29, 0.717) is 5.56 Å². The van der Waals surface area contributed by atoms with Gasteiger partial charge in [0, 0.05) is 22.2 Å². The van der Waals surface area contributed by atoms with Crippen molar-refractivity contribution in [3.05, 3.63) is 35.1 Å². The number of hydrogen-bond acceptors (Lipinski definition) is 5. The van der Waals surface area contributed by atoms with E-state index in [2.05, 4.69) is 20.6 Å². The van der Waals surface area contributed by atoms with Crippen molar-refractivity contribution in [2.45, 2.75) is 57.4 Å². The molecule has 2 atom stereocenters. The van der Waals surface area contributed by atoms with Crippen molar-refractivity contribution in [1.29, 1.82) is 0 Å². The molecule has 1 aromatic rings. The summed E-state index contributed by atoms with van der Waals surface area (Å²) in [7, 11) is -3.61. The van der Waals surface area contributed by atoms with E-state index in [1.165, 1.54) is 32.9 Å². The molecule has 0 aliphatic carbocycles. The maximum Gasteiger partial charge on any atom is 0.413 e. The quantitative estimate of drug-likeness (QED) is 0.696. The van der Waals surface area contributed by atoms with Crippen LogP contribution in [-0.4, -0.2) is 39.2 Å². The van der Waals surface area contributed by atoms with Gasteiger partial charge in [-0.2, -0.15) is 0 Å². The number of hydrogen-bond donors (Lipinski definition) is 1. The van der Waals surface area contributed by atoms with Gasteiger partial charge in [-0.3, -0.25) is 10.3 Å². The van der Waals surface area contributed by atoms with Crippen molar-refractivity contribution in [1.82, 2.24) is 5.32 Å². The molecule has 1 aliphatic heterocycles. The number of terminal acetylenes is 1. The Morgan fingerprint density at radius 2 is 2.10 bits per heavy atom. The monoisotopic (exact) mass is 424 g/mol. The minimum absolute atomic E-state index is 0.0143. The third kappa shape index (κ3) is 4.45. The molecule has 0 fully saturated rings. The number of ether oxygens (including phenoxy) is 1. The molecular formula is C21H28FN3O3S. The molecule has 8 heteroatoms. The third-order valence-corrected chi connectivity index (χ3v) is 7.72. The van der Waals surface area contributed by atoms with Crippen LogP contribution in [-0.2, 0) is 20.0 Å². The average molecular weight is 425 g/mol. The highest BCUT2D eigenvalue weighted by atomic mass is 32.2. The molecule has 1 heterocycles. The largest absolute Gasteiger partial charge is 0.444 e. The van der Waals surface area contributed by atoms with Crippen molar-refractivity contribution in [3.8, 4) is 12.3 Å². The number of alkyl carbamates (subject to hydrolysis) is 1. The number of rotatable bonds is 1. The van der Waals surface area contributed by atoms with Gasteiger partial charge in [-0.25, -0.2) is 17.8 Å². The summed E-state index contributed by atoms with van der Waals surface area (Å²) in [5.41, 5.74) is -1.98. The van der Waals surface area contributed by atoms with Crippen molar-refractivity contribution >= 4 is 21.7 Å². The molecule has 158 valence electrons. The summed E-state index contributed by atoms with van der Waals surface area (Å²) < 4.78 is 59.1. The van der Waals surface area contributed by atoms with Crippen molar-refractivity contribution in [2.24, 2.45) is 9.36 Å². The lowest BCUT2D eigenvalue weighted by Crippen LogP contribution is -2.57. The minimum Gasteiger partial charge on any atom is -0.444 e. The molecule has 1 N–H and O–H groups in total. The maximum atomic E-state index is 14.8. The van der Waals surface area contributed by atoms with Gasteiger partial charge in [0.1, 0.15) is 27.5 Å². The lowest BCUT2D eigenvalue weighted by atomic mass is 9.92. The predicted octanol–water partition coefficient (Wildman–Crippen LogP) is 3.84. The second-order valence-electron chi connectivity index (χ2n) is 8.59. The second-order valence-corrected chi connectivity index (χ2v) is 11.4. The van der Waals surface area contributed by atoms with Crippen LogP contribution in [0.3, 0.4) is 0 Å². The zero-order chi connectivity index (χ0) is 24.8. The molecule has 1 aromatic carbocycles. The van der Waals surface area contributed by atoms with Crippen molar-refractivity contribution < 1.29 is 22.2 Å². The number of benzene rings is 1. The van der Waals surface area contributed by atoms with E-state index >= 15 is 0 Å². The van der Waals surface area contributed by atoms with Crippen LogP contribution in [0.1, 0.15) is 56.8 Å². The first kappa shape index (κ1) is 18.6. The zero-order valence-corrected chi connectivity index (χ0v) is 18.2. The molecule has 1 unspecified atom stereocenters. The standard InChI is InChI=1S/C21H28FN3O3S/c1-9-14-10-11-16(22)15(12-14)21(7)13-29(27,23-8)20(5,6)17(25-21)24-18(26)28-19(2,3)4/h1,10-12H,13H2,2-8H3,(H,24,25,26)/t21-,29?/m0/s1/i8D3. The lowest BCUT2D eigenvalue weighted by molar-refractivity contribution is 0.0560. The highest BCUT2D eigenvalue weighted by molar-refractivity contribution is 7.95. The van der Waals surface area contributed by atoms with Gasteiger partial charge in [0.25, 0.3) is 0 Å². The molecule has 0 spiro atoms. The van der Waals surface area contributed by atoms with E-state index in [9.17, 15) is 13.4 Å². The Morgan fingerprint density at radius 3 is 2.66 bits per heavy atom. The third-order valence-electron chi connectivity index (χ3n) is 4.68. The van der Waals surface area contributed by atoms with E-state index in [1.54, 1.807) is 20.8 Å². The fourth-order valence-corrected chi connectivity index (χ4v) is 5.05. The number of halogens is 1. The Balaban J connectivity index is 2.78.